The molecule has 0 radical (unpaired) electrons. The fraction of sp³-hybridized carbons (Fsp3) is 0.154. The SMILES string of the molecule is O=C(NCCc1ncc[nH]1)Nc1cc(C(=O)O)ccc1Br. The van der Waals surface area contributed by atoms with E-state index in [1.54, 1.807) is 18.5 Å². The number of hydrogen-bond donors (Lipinski definition) is 4. The zero-order valence-corrected chi connectivity index (χ0v) is 12.5. The number of nitrogens with one attached hydrogen (secondary N) is 3. The molecule has 0 atom stereocenters. The minimum absolute atomic E-state index is 0.101. The van der Waals surface area contributed by atoms with E-state index >= 15 is 0 Å². The number of carboxylic acids is 1. The Hall–Kier alpha value is -2.35. The van der Waals surface area contributed by atoms with Gasteiger partial charge in [0.05, 0.1) is 11.3 Å². The molecule has 0 spiro atoms. The van der Waals surface area contributed by atoms with Gasteiger partial charge in [0.15, 0.2) is 0 Å². The molecule has 0 aliphatic carbocycles. The van der Waals surface area contributed by atoms with Gasteiger partial charge in [-0.05, 0) is 34.1 Å². The number of aromatic carboxylic acids is 1. The van der Waals surface area contributed by atoms with Gasteiger partial charge < -0.3 is 20.7 Å². The summed E-state index contributed by atoms with van der Waals surface area (Å²) in [5.74, 6) is -0.270. The maximum absolute atomic E-state index is 11.8. The number of amides is 2. The molecule has 2 aromatic rings. The molecule has 0 bridgehead atoms. The first-order chi connectivity index (χ1) is 10.1. The summed E-state index contributed by atoms with van der Waals surface area (Å²) >= 11 is 3.26. The number of nitrogens with zero attached hydrogens (tertiary/aromatic N) is 1. The number of imidazole rings is 1. The van der Waals surface area contributed by atoms with E-state index < -0.39 is 12.0 Å². The summed E-state index contributed by atoms with van der Waals surface area (Å²) in [6, 6.07) is 4.00. The second-order valence-corrected chi connectivity index (χ2v) is 5.02. The zero-order chi connectivity index (χ0) is 15.2. The minimum Gasteiger partial charge on any atom is -0.478 e. The molecule has 0 unspecified atom stereocenters. The number of aromatic nitrogens is 2. The van der Waals surface area contributed by atoms with Crippen molar-refractivity contribution in [2.75, 3.05) is 11.9 Å². The van der Waals surface area contributed by atoms with Gasteiger partial charge in [-0.15, -0.1) is 0 Å². The van der Waals surface area contributed by atoms with Crippen LogP contribution in [0.25, 0.3) is 0 Å². The third kappa shape index (κ3) is 4.32. The smallest absolute Gasteiger partial charge is 0.335 e. The third-order valence-electron chi connectivity index (χ3n) is 2.66. The Morgan fingerprint density at radius 1 is 1.38 bits per heavy atom. The van der Waals surface area contributed by atoms with Gasteiger partial charge in [-0.2, -0.15) is 0 Å². The first-order valence-corrected chi connectivity index (χ1v) is 6.91. The monoisotopic (exact) mass is 352 g/mol. The van der Waals surface area contributed by atoms with Gasteiger partial charge in [0, 0.05) is 29.8 Å². The standard InChI is InChI=1S/C13H13BrN4O3/c14-9-2-1-8(12(19)20)7-10(9)18-13(21)17-4-3-11-15-5-6-16-11/h1-2,5-7H,3-4H2,(H,15,16)(H,19,20)(H2,17,18,21). The molecule has 1 heterocycles. The van der Waals surface area contributed by atoms with Crippen LogP contribution in [0.15, 0.2) is 35.1 Å². The van der Waals surface area contributed by atoms with Crippen LogP contribution in [0, 0.1) is 0 Å². The molecule has 8 heteroatoms. The molecule has 0 aliphatic heterocycles. The summed E-state index contributed by atoms with van der Waals surface area (Å²) in [5.41, 5.74) is 0.495. The average molecular weight is 353 g/mol. The number of rotatable bonds is 5. The predicted molar refractivity (Wildman–Crippen MR) is 80.4 cm³/mol. The topological polar surface area (TPSA) is 107 Å². The van der Waals surface area contributed by atoms with Gasteiger partial charge in [-0.25, -0.2) is 14.6 Å². The molecule has 7 nitrogen and oxygen atoms in total. The summed E-state index contributed by atoms with van der Waals surface area (Å²) in [6.45, 7) is 0.412. The first kappa shape index (κ1) is 15.0. The third-order valence-corrected chi connectivity index (χ3v) is 3.36. The number of carbonyl (C=O) groups excluding carboxylic acids is 1. The lowest BCUT2D eigenvalue weighted by Crippen LogP contribution is -2.30. The molecular weight excluding hydrogens is 340 g/mol. The van der Waals surface area contributed by atoms with E-state index in [9.17, 15) is 9.59 Å². The Labute approximate surface area is 128 Å². The number of aromatic amines is 1. The van der Waals surface area contributed by atoms with Crippen LogP contribution in [0.4, 0.5) is 10.5 Å². The predicted octanol–water partition coefficient (Wildman–Crippen LogP) is 2.23. The maximum atomic E-state index is 11.8. The summed E-state index contributed by atoms with van der Waals surface area (Å²) in [7, 11) is 0. The number of benzene rings is 1. The van der Waals surface area contributed by atoms with E-state index in [4.69, 9.17) is 5.11 Å². The van der Waals surface area contributed by atoms with Crippen LogP contribution in [0.3, 0.4) is 0 Å². The molecule has 21 heavy (non-hydrogen) atoms. The lowest BCUT2D eigenvalue weighted by Gasteiger charge is -2.09. The molecule has 1 aromatic carbocycles. The highest BCUT2D eigenvalue weighted by molar-refractivity contribution is 9.10. The quantitative estimate of drug-likeness (QED) is 0.661. The van der Waals surface area contributed by atoms with Crippen LogP contribution in [-0.4, -0.2) is 33.6 Å². The number of carboxylic acid groups (broad SMARTS) is 1. The molecule has 2 amide bonds. The molecule has 1 aromatic heterocycles. The number of carbonyl (C=O) groups is 2. The second-order valence-electron chi connectivity index (χ2n) is 4.17. The first-order valence-electron chi connectivity index (χ1n) is 6.12. The number of urea groups is 1. The van der Waals surface area contributed by atoms with Gasteiger partial charge in [-0.3, -0.25) is 0 Å². The molecule has 110 valence electrons. The Bertz CT molecular complexity index is 643. The van der Waals surface area contributed by atoms with Crippen LogP contribution in [-0.2, 0) is 6.42 Å². The fourth-order valence-electron chi connectivity index (χ4n) is 1.65. The van der Waals surface area contributed by atoms with Gasteiger partial charge in [-0.1, -0.05) is 0 Å². The molecule has 2 rings (SSSR count). The average Bonchev–Trinajstić information content (AvgIpc) is 2.94. The fourth-order valence-corrected chi connectivity index (χ4v) is 2.00. The van der Waals surface area contributed by atoms with Crippen molar-refractivity contribution < 1.29 is 14.7 Å². The van der Waals surface area contributed by atoms with E-state index in [1.165, 1.54) is 12.1 Å². The Balaban J connectivity index is 1.90. The number of hydrogen-bond acceptors (Lipinski definition) is 3. The number of anilines is 1. The van der Waals surface area contributed by atoms with Crippen molar-refractivity contribution >= 4 is 33.6 Å². The van der Waals surface area contributed by atoms with Crippen molar-refractivity contribution in [3.63, 3.8) is 0 Å². The lowest BCUT2D eigenvalue weighted by molar-refractivity contribution is 0.0697. The minimum atomic E-state index is -1.05. The number of H-pyrrole nitrogens is 1. The van der Waals surface area contributed by atoms with E-state index in [1.807, 2.05) is 0 Å². The van der Waals surface area contributed by atoms with E-state index in [0.717, 1.165) is 5.82 Å². The summed E-state index contributed by atoms with van der Waals surface area (Å²) < 4.78 is 0.605. The van der Waals surface area contributed by atoms with Crippen LogP contribution < -0.4 is 10.6 Å². The number of halogens is 1. The molecule has 0 aliphatic rings. The summed E-state index contributed by atoms with van der Waals surface area (Å²) in [4.78, 5) is 29.6. The Morgan fingerprint density at radius 2 is 2.19 bits per heavy atom. The van der Waals surface area contributed by atoms with E-state index in [0.29, 0.717) is 23.1 Å². The van der Waals surface area contributed by atoms with Crippen molar-refractivity contribution in [2.45, 2.75) is 6.42 Å². The normalized spacial score (nSPS) is 10.1. The van der Waals surface area contributed by atoms with Crippen LogP contribution in [0.5, 0.6) is 0 Å². The van der Waals surface area contributed by atoms with Crippen molar-refractivity contribution in [2.24, 2.45) is 0 Å². The maximum Gasteiger partial charge on any atom is 0.335 e. The summed E-state index contributed by atoms with van der Waals surface area (Å²) in [6.07, 6.45) is 3.94. The van der Waals surface area contributed by atoms with Crippen molar-refractivity contribution in [1.29, 1.82) is 0 Å². The largest absolute Gasteiger partial charge is 0.478 e. The van der Waals surface area contributed by atoms with E-state index in [-0.39, 0.29) is 5.56 Å². The van der Waals surface area contributed by atoms with Crippen molar-refractivity contribution in [3.8, 4) is 0 Å². The van der Waals surface area contributed by atoms with Gasteiger partial charge in [0.25, 0.3) is 0 Å². The van der Waals surface area contributed by atoms with Crippen LogP contribution in [0.2, 0.25) is 0 Å². The van der Waals surface area contributed by atoms with Gasteiger partial charge in [0.2, 0.25) is 0 Å². The van der Waals surface area contributed by atoms with Crippen molar-refractivity contribution in [1.82, 2.24) is 15.3 Å². The molecular formula is C13H13BrN4O3. The highest BCUT2D eigenvalue weighted by Gasteiger charge is 2.09. The highest BCUT2D eigenvalue weighted by atomic mass is 79.9. The molecule has 0 saturated heterocycles. The van der Waals surface area contributed by atoms with Gasteiger partial charge in [0.1, 0.15) is 5.82 Å². The second kappa shape index (κ2) is 6.89. The van der Waals surface area contributed by atoms with Crippen LogP contribution in [0.1, 0.15) is 16.2 Å². The highest BCUT2D eigenvalue weighted by Crippen LogP contribution is 2.23. The molecule has 4 N–H and O–H groups in total. The van der Waals surface area contributed by atoms with E-state index in [2.05, 4.69) is 36.5 Å². The lowest BCUT2D eigenvalue weighted by atomic mass is 10.2. The van der Waals surface area contributed by atoms with Crippen molar-refractivity contribution in [3.05, 3.63) is 46.5 Å². The molecule has 0 fully saturated rings. The van der Waals surface area contributed by atoms with Crippen LogP contribution >= 0.6 is 15.9 Å². The molecule has 0 saturated carbocycles. The summed E-state index contributed by atoms with van der Waals surface area (Å²) in [5, 5.41) is 14.2. The van der Waals surface area contributed by atoms with Gasteiger partial charge >= 0.3 is 12.0 Å². The Morgan fingerprint density at radius 3 is 2.86 bits per heavy atom. The zero-order valence-electron chi connectivity index (χ0n) is 10.9. The Kier molecular flexibility index (Phi) is 4.94.